The lowest BCUT2D eigenvalue weighted by Gasteiger charge is -2.10. The zero-order valence-corrected chi connectivity index (χ0v) is 12.8. The van der Waals surface area contributed by atoms with E-state index in [0.717, 1.165) is 11.8 Å². The van der Waals surface area contributed by atoms with Crippen LogP contribution in [-0.4, -0.2) is 19.8 Å². The summed E-state index contributed by atoms with van der Waals surface area (Å²) in [4.78, 5) is 0.281. The Balaban J connectivity index is 2.18. The summed E-state index contributed by atoms with van der Waals surface area (Å²) in [7, 11) is 0. The molecule has 120 valence electrons. The fourth-order valence-electron chi connectivity index (χ4n) is 2.01. The molecule has 23 heavy (non-hydrogen) atoms. The van der Waals surface area contributed by atoms with E-state index in [1.54, 1.807) is 19.9 Å². The van der Waals surface area contributed by atoms with E-state index in [2.05, 4.69) is 15.3 Å². The van der Waals surface area contributed by atoms with Crippen LogP contribution < -0.4 is 0 Å². The van der Waals surface area contributed by atoms with Gasteiger partial charge in [0.2, 0.25) is 0 Å². The number of fused-ring (bicyclic) bond motifs is 1. The average molecular weight is 342 g/mol. The van der Waals surface area contributed by atoms with E-state index in [-0.39, 0.29) is 15.6 Å². The fourth-order valence-corrected chi connectivity index (χ4v) is 2.96. The van der Waals surface area contributed by atoms with Crippen molar-refractivity contribution in [3.8, 4) is 0 Å². The SMILES string of the molecule is Cc1c(Sc2ccccc2F)nn2c(C(F)(F)F)nnc2c1C. The topological polar surface area (TPSA) is 43.1 Å². The molecule has 0 radical (unpaired) electrons. The summed E-state index contributed by atoms with van der Waals surface area (Å²) in [6.45, 7) is 3.33. The zero-order valence-electron chi connectivity index (χ0n) is 12.0. The molecule has 3 aromatic rings. The molecule has 0 aliphatic carbocycles. The van der Waals surface area contributed by atoms with Crippen LogP contribution in [0.3, 0.4) is 0 Å². The number of halogens is 4. The molecule has 2 aromatic heterocycles. The lowest BCUT2D eigenvalue weighted by atomic mass is 10.2. The average Bonchev–Trinajstić information content (AvgIpc) is 2.90. The normalized spacial score (nSPS) is 12.1. The van der Waals surface area contributed by atoms with E-state index in [9.17, 15) is 17.6 Å². The van der Waals surface area contributed by atoms with Crippen LogP contribution in [-0.2, 0) is 6.18 Å². The van der Waals surface area contributed by atoms with Crippen molar-refractivity contribution in [3.63, 3.8) is 0 Å². The van der Waals surface area contributed by atoms with E-state index >= 15 is 0 Å². The van der Waals surface area contributed by atoms with Crippen LogP contribution in [0.1, 0.15) is 17.0 Å². The standard InChI is InChI=1S/C14H10F4N4S/c1-7-8(2)12(23-10-6-4-3-5-9(10)15)21-22-11(7)19-20-13(22)14(16,17)18/h3-6H,1-2H3. The van der Waals surface area contributed by atoms with Gasteiger partial charge in [0.1, 0.15) is 10.8 Å². The van der Waals surface area contributed by atoms with Crippen molar-refractivity contribution >= 4 is 17.4 Å². The first-order valence-corrected chi connectivity index (χ1v) is 7.33. The van der Waals surface area contributed by atoms with Crippen molar-refractivity contribution in [2.45, 2.75) is 29.9 Å². The highest BCUT2D eigenvalue weighted by atomic mass is 32.2. The van der Waals surface area contributed by atoms with Gasteiger partial charge in [0, 0.05) is 10.5 Å². The maximum atomic E-state index is 13.8. The lowest BCUT2D eigenvalue weighted by Crippen LogP contribution is -2.13. The predicted molar refractivity (Wildman–Crippen MR) is 75.8 cm³/mol. The molecular formula is C14H10F4N4S. The van der Waals surface area contributed by atoms with Gasteiger partial charge in [-0.1, -0.05) is 23.9 Å². The summed E-state index contributed by atoms with van der Waals surface area (Å²) in [5.41, 5.74) is 1.18. The maximum absolute atomic E-state index is 13.8. The molecule has 9 heteroatoms. The second-order valence-electron chi connectivity index (χ2n) is 4.84. The number of rotatable bonds is 2. The Kier molecular flexibility index (Phi) is 3.75. The van der Waals surface area contributed by atoms with Crippen LogP contribution in [0.2, 0.25) is 0 Å². The van der Waals surface area contributed by atoms with Gasteiger partial charge in [-0.3, -0.25) is 0 Å². The van der Waals surface area contributed by atoms with Crippen molar-refractivity contribution in [1.29, 1.82) is 0 Å². The number of hydrogen-bond donors (Lipinski definition) is 0. The largest absolute Gasteiger partial charge is 0.453 e. The van der Waals surface area contributed by atoms with Crippen LogP contribution in [0.5, 0.6) is 0 Å². The predicted octanol–water partition coefficient (Wildman–Crippen LogP) is 4.05. The Morgan fingerprint density at radius 2 is 1.74 bits per heavy atom. The van der Waals surface area contributed by atoms with Gasteiger partial charge in [-0.25, -0.2) is 4.39 Å². The third-order valence-corrected chi connectivity index (χ3v) is 4.48. The summed E-state index contributed by atoms with van der Waals surface area (Å²) in [5.74, 6) is -1.66. The van der Waals surface area contributed by atoms with Crippen molar-refractivity contribution < 1.29 is 17.6 Å². The molecular weight excluding hydrogens is 332 g/mol. The van der Waals surface area contributed by atoms with Crippen LogP contribution in [0.25, 0.3) is 5.65 Å². The molecule has 0 fully saturated rings. The van der Waals surface area contributed by atoms with Gasteiger partial charge in [-0.2, -0.15) is 22.8 Å². The van der Waals surface area contributed by atoms with Crippen LogP contribution in [0.15, 0.2) is 34.2 Å². The van der Waals surface area contributed by atoms with E-state index < -0.39 is 17.8 Å². The number of hydrogen-bond acceptors (Lipinski definition) is 4. The summed E-state index contributed by atoms with van der Waals surface area (Å²) in [6.07, 6.45) is -4.67. The van der Waals surface area contributed by atoms with Gasteiger partial charge < -0.3 is 0 Å². The van der Waals surface area contributed by atoms with Crippen molar-refractivity contribution in [2.24, 2.45) is 0 Å². The minimum atomic E-state index is -4.67. The number of nitrogens with zero attached hydrogens (tertiary/aromatic N) is 4. The molecule has 0 atom stereocenters. The summed E-state index contributed by atoms with van der Waals surface area (Å²) < 4.78 is 53.4. The van der Waals surface area contributed by atoms with Gasteiger partial charge in [0.15, 0.2) is 5.65 Å². The minimum Gasteiger partial charge on any atom is -0.206 e. The number of aryl methyl sites for hydroxylation is 1. The molecule has 0 unspecified atom stereocenters. The van der Waals surface area contributed by atoms with Crippen LogP contribution in [0.4, 0.5) is 17.6 Å². The Bertz CT molecular complexity index is 888. The monoisotopic (exact) mass is 342 g/mol. The summed E-state index contributed by atoms with van der Waals surface area (Å²) >= 11 is 0.963. The third-order valence-electron chi connectivity index (χ3n) is 3.35. The molecule has 4 nitrogen and oxygen atoms in total. The van der Waals surface area contributed by atoms with Crippen LogP contribution in [0, 0.1) is 19.7 Å². The molecule has 3 rings (SSSR count). The molecule has 0 N–H and O–H groups in total. The lowest BCUT2D eigenvalue weighted by molar-refractivity contribution is -0.146. The van der Waals surface area contributed by atoms with Crippen LogP contribution >= 0.6 is 11.8 Å². The van der Waals surface area contributed by atoms with E-state index in [1.807, 2.05) is 0 Å². The highest BCUT2D eigenvalue weighted by Crippen LogP contribution is 2.34. The molecule has 0 aliphatic heterocycles. The first-order chi connectivity index (χ1) is 10.8. The number of alkyl halides is 3. The van der Waals surface area contributed by atoms with E-state index in [4.69, 9.17) is 0 Å². The molecule has 2 heterocycles. The first-order valence-electron chi connectivity index (χ1n) is 6.51. The molecule has 0 bridgehead atoms. The summed E-state index contributed by atoms with van der Waals surface area (Å²) in [6, 6.07) is 6.00. The smallest absolute Gasteiger partial charge is 0.206 e. The Morgan fingerprint density at radius 3 is 2.39 bits per heavy atom. The van der Waals surface area contributed by atoms with E-state index in [1.165, 1.54) is 18.2 Å². The zero-order chi connectivity index (χ0) is 16.8. The van der Waals surface area contributed by atoms with Gasteiger partial charge in [0.25, 0.3) is 5.82 Å². The maximum Gasteiger partial charge on any atom is 0.453 e. The second kappa shape index (κ2) is 5.48. The summed E-state index contributed by atoms with van der Waals surface area (Å²) in [5, 5.41) is 11.0. The van der Waals surface area contributed by atoms with E-state index in [0.29, 0.717) is 15.6 Å². The number of benzene rings is 1. The molecule has 0 saturated carbocycles. The highest BCUT2D eigenvalue weighted by molar-refractivity contribution is 7.99. The highest BCUT2D eigenvalue weighted by Gasteiger charge is 2.38. The second-order valence-corrected chi connectivity index (χ2v) is 5.88. The molecule has 0 amide bonds. The quantitative estimate of drug-likeness (QED) is 0.659. The van der Waals surface area contributed by atoms with Gasteiger partial charge in [0.05, 0.1) is 0 Å². The van der Waals surface area contributed by atoms with Gasteiger partial charge >= 0.3 is 6.18 Å². The molecule has 0 spiro atoms. The van der Waals surface area contributed by atoms with Crippen molar-refractivity contribution in [1.82, 2.24) is 19.8 Å². The molecule has 1 aromatic carbocycles. The Hall–Kier alpha value is -2.16. The van der Waals surface area contributed by atoms with Gasteiger partial charge in [-0.15, -0.1) is 10.2 Å². The minimum absolute atomic E-state index is 0.0349. The Labute approximate surface area is 132 Å². The molecule has 0 aliphatic rings. The van der Waals surface area contributed by atoms with Crippen molar-refractivity contribution in [2.75, 3.05) is 0 Å². The number of aromatic nitrogens is 4. The fraction of sp³-hybridized carbons (Fsp3) is 0.214. The van der Waals surface area contributed by atoms with Crippen molar-refractivity contribution in [3.05, 3.63) is 47.0 Å². The van der Waals surface area contributed by atoms with Gasteiger partial charge in [-0.05, 0) is 31.5 Å². The first kappa shape index (κ1) is 15.7. The Morgan fingerprint density at radius 1 is 1.04 bits per heavy atom. The molecule has 0 saturated heterocycles. The third kappa shape index (κ3) is 2.76.